The zero-order chi connectivity index (χ0) is 25.7. The van der Waals surface area contributed by atoms with Crippen LogP contribution in [0.4, 0.5) is 5.82 Å². The third-order valence-electron chi connectivity index (χ3n) is 6.43. The van der Waals surface area contributed by atoms with E-state index in [2.05, 4.69) is 10.3 Å². The minimum atomic E-state index is -0.664. The smallest absolute Gasteiger partial charge is 0.338 e. The van der Waals surface area contributed by atoms with E-state index in [1.165, 1.54) is 14.2 Å². The number of fused-ring (bicyclic) bond motifs is 8. The Morgan fingerprint density at radius 2 is 1.47 bits per heavy atom. The molecule has 3 heterocycles. The van der Waals surface area contributed by atoms with Crippen LogP contribution in [-0.4, -0.2) is 37.0 Å². The molecule has 2 bridgehead atoms. The average Bonchev–Trinajstić information content (AvgIpc) is 3.42. The number of anilines is 1. The van der Waals surface area contributed by atoms with Crippen LogP contribution in [0.1, 0.15) is 47.9 Å². The molecule has 1 amide bonds. The zero-order valence-corrected chi connectivity index (χ0v) is 20.1. The number of benzene rings is 3. The lowest BCUT2D eigenvalue weighted by Gasteiger charge is -2.12. The molecule has 0 aliphatic heterocycles. The molecule has 0 spiro atoms. The van der Waals surface area contributed by atoms with Gasteiger partial charge in [0.05, 0.1) is 25.3 Å². The second-order valence-corrected chi connectivity index (χ2v) is 8.56. The first kappa shape index (κ1) is 23.1. The highest BCUT2D eigenvalue weighted by Gasteiger charge is 2.25. The Balaban J connectivity index is 1.54. The van der Waals surface area contributed by atoms with Crippen LogP contribution in [0, 0.1) is 13.8 Å². The van der Waals surface area contributed by atoms with Gasteiger partial charge in [-0.15, -0.1) is 0 Å². The monoisotopic (exact) mass is 485 g/mol. The van der Waals surface area contributed by atoms with Gasteiger partial charge in [-0.05, 0) is 61.4 Å². The number of aryl methyl sites for hydroxylation is 2. The van der Waals surface area contributed by atoms with Crippen molar-refractivity contribution in [3.63, 3.8) is 0 Å². The van der Waals surface area contributed by atoms with Crippen LogP contribution in [0.3, 0.4) is 0 Å². The van der Waals surface area contributed by atoms with E-state index >= 15 is 0 Å². The number of carbonyl (C=O) groups is 3. The molecule has 9 nitrogen and oxygen atoms in total. The Hall–Kier alpha value is -4.66. The molecule has 0 fully saturated rings. The van der Waals surface area contributed by atoms with Crippen molar-refractivity contribution in [2.75, 3.05) is 20.0 Å². The Kier molecular flexibility index (Phi) is 5.47. The summed E-state index contributed by atoms with van der Waals surface area (Å²) in [5.74, 6) is -1.13. The Morgan fingerprint density at radius 1 is 0.889 bits per heavy atom. The van der Waals surface area contributed by atoms with Crippen molar-refractivity contribution < 1.29 is 28.3 Å². The summed E-state index contributed by atoms with van der Waals surface area (Å²) >= 11 is 0. The summed E-state index contributed by atoms with van der Waals surface area (Å²) in [6.45, 7) is 4.09. The van der Waals surface area contributed by atoms with Crippen molar-refractivity contribution in [2.24, 2.45) is 0 Å². The minimum absolute atomic E-state index is 0.0747. The van der Waals surface area contributed by atoms with Gasteiger partial charge in [-0.2, -0.15) is 0 Å². The molecule has 9 heteroatoms. The van der Waals surface area contributed by atoms with Crippen molar-refractivity contribution in [1.82, 2.24) is 10.3 Å². The number of esters is 2. The van der Waals surface area contributed by atoms with Crippen LogP contribution in [-0.2, 0) is 16.0 Å². The summed E-state index contributed by atoms with van der Waals surface area (Å²) in [6, 6.07) is 10.2. The van der Waals surface area contributed by atoms with Crippen molar-refractivity contribution >= 4 is 56.4 Å². The number of aromatic nitrogens is 1. The highest BCUT2D eigenvalue weighted by atomic mass is 16.5. The fourth-order valence-electron chi connectivity index (χ4n) is 4.64. The molecule has 0 radical (unpaired) electrons. The van der Waals surface area contributed by atoms with Gasteiger partial charge in [0, 0.05) is 39.3 Å². The summed E-state index contributed by atoms with van der Waals surface area (Å²) in [6.07, 6.45) is 0. The largest absolute Gasteiger partial charge is 0.465 e. The number of nitrogens with two attached hydrogens (primary N) is 1. The summed E-state index contributed by atoms with van der Waals surface area (Å²) < 4.78 is 15.7. The van der Waals surface area contributed by atoms with Gasteiger partial charge in [0.25, 0.3) is 5.91 Å². The number of methoxy groups -OCH3 is 2. The van der Waals surface area contributed by atoms with Gasteiger partial charge in [-0.1, -0.05) is 0 Å². The van der Waals surface area contributed by atoms with E-state index in [4.69, 9.17) is 19.6 Å². The predicted octanol–water partition coefficient (Wildman–Crippen LogP) is 4.27. The summed E-state index contributed by atoms with van der Waals surface area (Å²) in [7, 11) is 2.49. The lowest BCUT2D eigenvalue weighted by Crippen LogP contribution is -2.24. The highest BCUT2D eigenvalue weighted by molar-refractivity contribution is 6.27. The number of hydrogen-bond acceptors (Lipinski definition) is 8. The van der Waals surface area contributed by atoms with Crippen LogP contribution < -0.4 is 11.1 Å². The summed E-state index contributed by atoms with van der Waals surface area (Å²) in [4.78, 5) is 41.9. The van der Waals surface area contributed by atoms with E-state index in [1.807, 2.05) is 19.9 Å². The Labute approximate surface area is 205 Å². The molecular formula is C27H23N3O6. The number of rotatable bonds is 5. The van der Waals surface area contributed by atoms with Gasteiger partial charge in [-0.25, -0.2) is 14.6 Å². The van der Waals surface area contributed by atoms with Crippen molar-refractivity contribution in [3.8, 4) is 0 Å². The lowest BCUT2D eigenvalue weighted by atomic mass is 9.97. The summed E-state index contributed by atoms with van der Waals surface area (Å²) in [5, 5.41) is 5.78. The SMILES string of the molecule is COC(=O)c1cc2c(cc1C(=O)OC)c1oc2c2ccc(C(=O)NCc3c(C)cc(N)nc3C)cc21. The van der Waals surface area contributed by atoms with Crippen LogP contribution in [0.15, 0.2) is 40.8 Å². The Bertz CT molecular complexity index is 1680. The molecule has 0 aliphatic carbocycles. The summed E-state index contributed by atoms with van der Waals surface area (Å²) in [5.41, 5.74) is 10.1. The maximum atomic E-state index is 13.0. The van der Waals surface area contributed by atoms with Gasteiger partial charge in [0.1, 0.15) is 17.0 Å². The molecule has 182 valence electrons. The molecule has 0 unspecified atom stereocenters. The number of nitrogens with zero attached hydrogens (tertiary/aromatic N) is 1. The van der Waals surface area contributed by atoms with Crippen molar-refractivity contribution in [3.05, 3.63) is 69.9 Å². The number of amides is 1. The number of furan rings is 2. The number of nitrogen functional groups attached to an aromatic ring is 1. The van der Waals surface area contributed by atoms with Crippen LogP contribution >= 0.6 is 0 Å². The molecule has 3 N–H and O–H groups in total. The molecule has 2 aromatic carbocycles. The van der Waals surface area contributed by atoms with E-state index in [-0.39, 0.29) is 17.0 Å². The van der Waals surface area contributed by atoms with Crippen LogP contribution in [0.2, 0.25) is 0 Å². The maximum absolute atomic E-state index is 13.0. The zero-order valence-electron chi connectivity index (χ0n) is 20.1. The number of hydrogen-bond donors (Lipinski definition) is 2. The Morgan fingerprint density at radius 3 is 2.06 bits per heavy atom. The molecule has 5 rings (SSSR count). The van der Waals surface area contributed by atoms with Gasteiger partial charge in [-0.3, -0.25) is 4.79 Å². The van der Waals surface area contributed by atoms with Crippen LogP contribution in [0.25, 0.3) is 32.7 Å². The third-order valence-corrected chi connectivity index (χ3v) is 6.43. The molecule has 0 atom stereocenters. The molecule has 36 heavy (non-hydrogen) atoms. The predicted molar refractivity (Wildman–Crippen MR) is 134 cm³/mol. The van der Waals surface area contributed by atoms with E-state index in [1.54, 1.807) is 30.3 Å². The number of pyridine rings is 1. The van der Waals surface area contributed by atoms with Crippen molar-refractivity contribution in [1.29, 1.82) is 0 Å². The minimum Gasteiger partial charge on any atom is -0.465 e. The van der Waals surface area contributed by atoms with Gasteiger partial charge >= 0.3 is 11.9 Å². The molecule has 0 aliphatic rings. The van der Waals surface area contributed by atoms with E-state index in [0.29, 0.717) is 39.9 Å². The highest BCUT2D eigenvalue weighted by Crippen LogP contribution is 2.42. The topological polar surface area (TPSA) is 134 Å². The number of carbonyl (C=O) groups excluding carboxylic acids is 3. The lowest BCUT2D eigenvalue weighted by molar-refractivity contribution is 0.0555. The maximum Gasteiger partial charge on any atom is 0.338 e. The van der Waals surface area contributed by atoms with Gasteiger partial charge < -0.3 is 24.9 Å². The number of nitrogens with one attached hydrogen (secondary N) is 1. The normalized spacial score (nSPS) is 11.3. The van der Waals surface area contributed by atoms with Gasteiger partial charge in [0.15, 0.2) is 0 Å². The van der Waals surface area contributed by atoms with Crippen molar-refractivity contribution in [2.45, 2.75) is 20.4 Å². The molecule has 0 saturated heterocycles. The number of ether oxygens (including phenoxy) is 2. The molecular weight excluding hydrogens is 462 g/mol. The van der Waals surface area contributed by atoms with E-state index in [9.17, 15) is 14.4 Å². The molecule has 3 aromatic heterocycles. The molecule has 5 aromatic rings. The first-order valence-corrected chi connectivity index (χ1v) is 11.2. The molecule has 0 saturated carbocycles. The quantitative estimate of drug-likeness (QED) is 0.278. The fourth-order valence-corrected chi connectivity index (χ4v) is 4.64. The second kappa shape index (κ2) is 8.53. The van der Waals surface area contributed by atoms with E-state index < -0.39 is 11.9 Å². The average molecular weight is 485 g/mol. The first-order valence-electron chi connectivity index (χ1n) is 11.2. The van der Waals surface area contributed by atoms with Gasteiger partial charge in [0.2, 0.25) is 0 Å². The standard InChI is InChI=1S/C27H23N3O6/c1-12-7-22(28)30-13(2)21(12)11-29-25(31)14-5-6-15-16(8-14)24-18-10-20(27(33)35-4)19(26(32)34-3)9-17(18)23(15)36-24/h5-10H,11H2,1-4H3,(H2,28,30)(H,29,31). The third kappa shape index (κ3) is 3.56. The van der Waals surface area contributed by atoms with E-state index in [0.717, 1.165) is 27.6 Å². The van der Waals surface area contributed by atoms with Crippen LogP contribution in [0.5, 0.6) is 0 Å². The second-order valence-electron chi connectivity index (χ2n) is 8.56. The first-order chi connectivity index (χ1) is 17.2. The fraction of sp³-hybridized carbons (Fsp3) is 0.185.